The molecule has 0 N–H and O–H groups in total. The van der Waals surface area contributed by atoms with Crippen LogP contribution in [-0.2, 0) is 4.74 Å². The number of hydrogen-bond acceptors (Lipinski definition) is 3. The minimum Gasteiger partial charge on any atom is -0.462 e. The largest absolute Gasteiger partial charge is 0.462 e. The Balaban J connectivity index is 3.30. The van der Waals surface area contributed by atoms with Crippen molar-refractivity contribution in [2.45, 2.75) is 13.3 Å². The molecule has 0 saturated carbocycles. The van der Waals surface area contributed by atoms with Gasteiger partial charge in [0.05, 0.1) is 23.8 Å². The Hall–Kier alpha value is -1.23. The van der Waals surface area contributed by atoms with E-state index < -0.39 is 18.0 Å². The summed E-state index contributed by atoms with van der Waals surface area (Å²) >= 11 is 1.81. The molecule has 3 nitrogen and oxygen atoms in total. The van der Waals surface area contributed by atoms with Crippen LogP contribution in [0.3, 0.4) is 0 Å². The average molecular weight is 351 g/mol. The molecule has 1 rings (SSSR count). The van der Waals surface area contributed by atoms with Crippen molar-refractivity contribution in [2.75, 3.05) is 6.61 Å². The van der Waals surface area contributed by atoms with Crippen LogP contribution in [-0.4, -0.2) is 12.6 Å². The van der Waals surface area contributed by atoms with Crippen LogP contribution in [0.1, 0.15) is 34.8 Å². The molecule has 1 aromatic carbocycles. The van der Waals surface area contributed by atoms with Crippen molar-refractivity contribution in [3.8, 4) is 6.07 Å². The zero-order chi connectivity index (χ0) is 13.0. The second kappa shape index (κ2) is 5.91. The Labute approximate surface area is 111 Å². The summed E-state index contributed by atoms with van der Waals surface area (Å²) in [7, 11) is 0. The van der Waals surface area contributed by atoms with E-state index in [1.807, 2.05) is 22.6 Å². The molecule has 0 radical (unpaired) electrons. The van der Waals surface area contributed by atoms with Crippen LogP contribution in [0.5, 0.6) is 0 Å². The summed E-state index contributed by atoms with van der Waals surface area (Å²) in [4.78, 5) is 11.5. The van der Waals surface area contributed by atoms with Crippen molar-refractivity contribution in [3.63, 3.8) is 0 Å². The maximum Gasteiger partial charge on any atom is 0.339 e. The van der Waals surface area contributed by atoms with Crippen molar-refractivity contribution < 1.29 is 18.3 Å². The fraction of sp³-hybridized carbons (Fsp3) is 0.273. The molecule has 0 unspecified atom stereocenters. The second-order valence-corrected chi connectivity index (χ2v) is 4.21. The third-order valence-corrected chi connectivity index (χ3v) is 2.88. The zero-order valence-electron chi connectivity index (χ0n) is 8.84. The first-order chi connectivity index (χ1) is 8.01. The lowest BCUT2D eigenvalue weighted by atomic mass is 10.1. The SMILES string of the molecule is CCOC(=O)c1cc(C(F)F)c(C#N)cc1I. The van der Waals surface area contributed by atoms with Crippen molar-refractivity contribution in [2.24, 2.45) is 0 Å². The lowest BCUT2D eigenvalue weighted by Gasteiger charge is -2.08. The van der Waals surface area contributed by atoms with Gasteiger partial charge in [-0.15, -0.1) is 0 Å². The van der Waals surface area contributed by atoms with Gasteiger partial charge >= 0.3 is 5.97 Å². The second-order valence-electron chi connectivity index (χ2n) is 3.05. The topological polar surface area (TPSA) is 50.1 Å². The van der Waals surface area contributed by atoms with Gasteiger partial charge in [-0.1, -0.05) is 0 Å². The molecule has 1 aromatic rings. The Morgan fingerprint density at radius 3 is 2.71 bits per heavy atom. The summed E-state index contributed by atoms with van der Waals surface area (Å²) in [5.74, 6) is -0.664. The Kier molecular flexibility index (Phi) is 4.81. The molecule has 0 atom stereocenters. The number of ether oxygens (including phenoxy) is 1. The fourth-order valence-corrected chi connectivity index (χ4v) is 1.92. The van der Waals surface area contributed by atoms with Gasteiger partial charge in [-0.25, -0.2) is 13.6 Å². The quantitative estimate of drug-likeness (QED) is 0.620. The number of nitriles is 1. The van der Waals surface area contributed by atoms with Crippen LogP contribution in [0.15, 0.2) is 12.1 Å². The first kappa shape index (κ1) is 13.8. The van der Waals surface area contributed by atoms with E-state index >= 15 is 0 Å². The lowest BCUT2D eigenvalue weighted by molar-refractivity contribution is 0.0524. The molecule has 0 saturated heterocycles. The Morgan fingerprint density at radius 1 is 1.59 bits per heavy atom. The van der Waals surface area contributed by atoms with E-state index in [0.29, 0.717) is 3.57 Å². The van der Waals surface area contributed by atoms with Crippen LogP contribution in [0.2, 0.25) is 0 Å². The highest BCUT2D eigenvalue weighted by molar-refractivity contribution is 14.1. The molecule has 0 fully saturated rings. The van der Waals surface area contributed by atoms with Gasteiger partial charge in [0.1, 0.15) is 0 Å². The predicted molar refractivity (Wildman–Crippen MR) is 64.8 cm³/mol. The van der Waals surface area contributed by atoms with Crippen molar-refractivity contribution in [1.29, 1.82) is 5.26 Å². The van der Waals surface area contributed by atoms with Gasteiger partial charge in [-0.05, 0) is 41.6 Å². The maximum atomic E-state index is 12.7. The van der Waals surface area contributed by atoms with E-state index in [4.69, 9.17) is 10.00 Å². The smallest absolute Gasteiger partial charge is 0.339 e. The van der Waals surface area contributed by atoms with E-state index in [0.717, 1.165) is 6.07 Å². The van der Waals surface area contributed by atoms with Crippen molar-refractivity contribution in [1.82, 2.24) is 0 Å². The first-order valence-electron chi connectivity index (χ1n) is 4.70. The van der Waals surface area contributed by atoms with E-state index in [-0.39, 0.29) is 17.7 Å². The van der Waals surface area contributed by atoms with Gasteiger partial charge in [-0.3, -0.25) is 0 Å². The monoisotopic (exact) mass is 351 g/mol. The number of hydrogen-bond donors (Lipinski definition) is 0. The number of nitrogens with zero attached hydrogens (tertiary/aromatic N) is 1. The summed E-state index contributed by atoms with van der Waals surface area (Å²) in [6.45, 7) is 1.79. The summed E-state index contributed by atoms with van der Waals surface area (Å²) in [5, 5.41) is 8.72. The molecule has 0 aliphatic carbocycles. The Morgan fingerprint density at radius 2 is 2.24 bits per heavy atom. The van der Waals surface area contributed by atoms with E-state index in [1.54, 1.807) is 13.0 Å². The molecule has 0 aromatic heterocycles. The molecule has 6 heteroatoms. The van der Waals surface area contributed by atoms with Crippen LogP contribution in [0.4, 0.5) is 8.78 Å². The van der Waals surface area contributed by atoms with Crippen LogP contribution in [0.25, 0.3) is 0 Å². The van der Waals surface area contributed by atoms with Crippen molar-refractivity contribution in [3.05, 3.63) is 32.4 Å². The zero-order valence-corrected chi connectivity index (χ0v) is 11.0. The molecule has 0 amide bonds. The van der Waals surface area contributed by atoms with Gasteiger partial charge in [0.15, 0.2) is 0 Å². The summed E-state index contributed by atoms with van der Waals surface area (Å²) in [5.41, 5.74) is -0.518. The van der Waals surface area contributed by atoms with Gasteiger partial charge in [0, 0.05) is 9.13 Å². The number of rotatable bonds is 3. The number of benzene rings is 1. The molecular formula is C11H8F2INO2. The van der Waals surface area contributed by atoms with E-state index in [2.05, 4.69) is 0 Å². The molecule has 0 spiro atoms. The highest BCUT2D eigenvalue weighted by Gasteiger charge is 2.19. The van der Waals surface area contributed by atoms with Crippen LogP contribution in [0, 0.1) is 14.9 Å². The van der Waals surface area contributed by atoms with Gasteiger partial charge < -0.3 is 4.74 Å². The number of carbonyl (C=O) groups is 1. The molecule has 90 valence electrons. The molecule has 0 bridgehead atoms. The molecule has 17 heavy (non-hydrogen) atoms. The highest BCUT2D eigenvalue weighted by atomic mass is 127. The van der Waals surface area contributed by atoms with Crippen molar-refractivity contribution >= 4 is 28.6 Å². The maximum absolute atomic E-state index is 12.7. The first-order valence-corrected chi connectivity index (χ1v) is 5.78. The van der Waals surface area contributed by atoms with Gasteiger partial charge in [-0.2, -0.15) is 5.26 Å². The summed E-state index contributed by atoms with van der Waals surface area (Å²) < 4.78 is 30.5. The van der Waals surface area contributed by atoms with Crippen LogP contribution >= 0.6 is 22.6 Å². The standard InChI is InChI=1S/C11H8F2INO2/c1-2-17-11(16)8-4-7(10(12)13)6(5-15)3-9(8)14/h3-4,10H,2H2,1H3. The normalized spacial score (nSPS) is 10.1. The van der Waals surface area contributed by atoms with Gasteiger partial charge in [0.25, 0.3) is 6.43 Å². The third kappa shape index (κ3) is 3.12. The number of esters is 1. The average Bonchev–Trinajstić information content (AvgIpc) is 2.28. The number of halogens is 3. The van der Waals surface area contributed by atoms with E-state index in [1.165, 1.54) is 6.07 Å². The lowest BCUT2D eigenvalue weighted by Crippen LogP contribution is -2.08. The van der Waals surface area contributed by atoms with Gasteiger partial charge in [0.2, 0.25) is 0 Å². The third-order valence-electron chi connectivity index (χ3n) is 1.99. The highest BCUT2D eigenvalue weighted by Crippen LogP contribution is 2.27. The molecule has 0 aliphatic rings. The minimum absolute atomic E-state index is 0.0572. The Bertz CT molecular complexity index is 483. The summed E-state index contributed by atoms with van der Waals surface area (Å²) in [6.07, 6.45) is -2.80. The fourth-order valence-electron chi connectivity index (χ4n) is 1.23. The van der Waals surface area contributed by atoms with E-state index in [9.17, 15) is 13.6 Å². The molecule has 0 heterocycles. The molecule has 0 aliphatic heterocycles. The number of alkyl halides is 2. The number of carbonyl (C=O) groups excluding carboxylic acids is 1. The predicted octanol–water partition coefficient (Wildman–Crippen LogP) is 3.28. The minimum atomic E-state index is -2.80. The summed E-state index contributed by atoms with van der Waals surface area (Å²) in [6, 6.07) is 3.95. The molecular weight excluding hydrogens is 343 g/mol. The van der Waals surface area contributed by atoms with Crippen LogP contribution < -0.4 is 0 Å².